The van der Waals surface area contributed by atoms with Gasteiger partial charge in [-0.2, -0.15) is 0 Å². The number of hydrogen-bond acceptors (Lipinski definition) is 1. The van der Waals surface area contributed by atoms with E-state index in [1.807, 2.05) is 0 Å². The van der Waals surface area contributed by atoms with E-state index in [0.717, 1.165) is 18.3 Å². The van der Waals surface area contributed by atoms with Gasteiger partial charge >= 0.3 is 0 Å². The second-order valence-corrected chi connectivity index (χ2v) is 6.28. The maximum absolute atomic E-state index is 13.9. The van der Waals surface area contributed by atoms with Crippen LogP contribution in [0.15, 0.2) is 16.6 Å². The first kappa shape index (κ1) is 14.4. The third kappa shape index (κ3) is 2.78. The van der Waals surface area contributed by atoms with Crippen molar-refractivity contribution in [3.8, 4) is 0 Å². The smallest absolute Gasteiger partial charge is 0.144 e. The highest BCUT2D eigenvalue weighted by atomic mass is 79.9. The van der Waals surface area contributed by atoms with E-state index in [4.69, 9.17) is 0 Å². The number of likely N-dealkylation sites (tertiary alicyclic amines) is 1. The zero-order valence-corrected chi connectivity index (χ0v) is 13.3. The molecule has 1 fully saturated rings. The van der Waals surface area contributed by atoms with E-state index in [1.165, 1.54) is 12.1 Å². The number of nitrogens with zero attached hydrogens (tertiary/aromatic N) is 1. The number of halogens is 4. The van der Waals surface area contributed by atoms with Gasteiger partial charge in [-0.1, -0.05) is 22.9 Å². The van der Waals surface area contributed by atoms with Gasteiger partial charge in [0.2, 0.25) is 0 Å². The fraction of sp³-hybridized carbons (Fsp3) is 0.538. The largest absolute Gasteiger partial charge is 0.295 e. The van der Waals surface area contributed by atoms with Crippen LogP contribution in [0, 0.1) is 17.6 Å². The van der Waals surface area contributed by atoms with Gasteiger partial charge in [0, 0.05) is 23.5 Å². The Bertz CT molecular complexity index is 439. The van der Waals surface area contributed by atoms with Crippen LogP contribution < -0.4 is 0 Å². The van der Waals surface area contributed by atoms with Crippen LogP contribution in [0.5, 0.6) is 0 Å². The summed E-state index contributed by atoms with van der Waals surface area (Å²) in [6, 6.07) is 3.07. The Labute approximate surface area is 123 Å². The van der Waals surface area contributed by atoms with Crippen molar-refractivity contribution in [2.75, 3.05) is 11.9 Å². The van der Waals surface area contributed by atoms with Gasteiger partial charge in [0.1, 0.15) is 11.6 Å². The normalized spacial score (nSPS) is 24.7. The molecule has 1 aromatic rings. The van der Waals surface area contributed by atoms with Crippen molar-refractivity contribution in [1.29, 1.82) is 0 Å². The van der Waals surface area contributed by atoms with Crippen LogP contribution in [0.1, 0.15) is 18.9 Å². The van der Waals surface area contributed by atoms with E-state index in [2.05, 4.69) is 43.7 Å². The van der Waals surface area contributed by atoms with Crippen molar-refractivity contribution < 1.29 is 8.78 Å². The molecular weight excluding hydrogens is 368 g/mol. The fourth-order valence-electron chi connectivity index (χ4n) is 2.45. The summed E-state index contributed by atoms with van der Waals surface area (Å²) in [4.78, 5) is 2.15. The first-order chi connectivity index (χ1) is 8.54. The van der Waals surface area contributed by atoms with Gasteiger partial charge in [-0.05, 0) is 46.9 Å². The zero-order valence-electron chi connectivity index (χ0n) is 10.1. The molecule has 1 aliphatic heterocycles. The van der Waals surface area contributed by atoms with Crippen LogP contribution in [-0.2, 0) is 6.54 Å². The van der Waals surface area contributed by atoms with E-state index in [-0.39, 0.29) is 5.56 Å². The molecule has 5 heteroatoms. The molecule has 1 aromatic carbocycles. The van der Waals surface area contributed by atoms with Crippen LogP contribution in [0.4, 0.5) is 8.78 Å². The van der Waals surface area contributed by atoms with E-state index >= 15 is 0 Å². The molecule has 1 saturated heterocycles. The summed E-state index contributed by atoms with van der Waals surface area (Å²) in [5.74, 6) is -0.394. The highest BCUT2D eigenvalue weighted by Gasteiger charge is 2.31. The topological polar surface area (TPSA) is 3.24 Å². The van der Waals surface area contributed by atoms with Gasteiger partial charge < -0.3 is 0 Å². The molecule has 2 unspecified atom stereocenters. The molecule has 0 aromatic heterocycles. The van der Waals surface area contributed by atoms with Gasteiger partial charge in [0.25, 0.3) is 0 Å². The average molecular weight is 383 g/mol. The molecule has 1 heterocycles. The van der Waals surface area contributed by atoms with Crippen molar-refractivity contribution in [3.63, 3.8) is 0 Å². The monoisotopic (exact) mass is 381 g/mol. The second-order valence-electron chi connectivity index (χ2n) is 4.78. The number of rotatable bonds is 3. The van der Waals surface area contributed by atoms with Crippen molar-refractivity contribution in [2.24, 2.45) is 5.92 Å². The van der Waals surface area contributed by atoms with Gasteiger partial charge in [0.15, 0.2) is 0 Å². The lowest BCUT2D eigenvalue weighted by Gasteiger charge is -2.25. The van der Waals surface area contributed by atoms with Gasteiger partial charge in [-0.15, -0.1) is 0 Å². The first-order valence-electron chi connectivity index (χ1n) is 5.97. The molecule has 2 rings (SSSR count). The Hall–Kier alpha value is -0.0000000000000000555. The first-order valence-corrected chi connectivity index (χ1v) is 7.88. The molecular formula is C13H15Br2F2N. The minimum absolute atomic E-state index is 0.157. The fourth-order valence-corrected chi connectivity index (χ4v) is 3.87. The molecule has 0 saturated carbocycles. The van der Waals surface area contributed by atoms with Gasteiger partial charge in [0.05, 0.1) is 4.47 Å². The maximum Gasteiger partial charge on any atom is 0.144 e. The van der Waals surface area contributed by atoms with E-state index < -0.39 is 11.6 Å². The summed E-state index contributed by atoms with van der Waals surface area (Å²) in [5.41, 5.74) is 0.157. The third-order valence-electron chi connectivity index (χ3n) is 3.66. The van der Waals surface area contributed by atoms with Crippen LogP contribution in [-0.4, -0.2) is 22.8 Å². The number of alkyl halides is 1. The Kier molecular flexibility index (Phi) is 4.78. The molecule has 2 atom stereocenters. The summed E-state index contributed by atoms with van der Waals surface area (Å²) in [7, 11) is 0. The summed E-state index contributed by atoms with van der Waals surface area (Å²) in [6.07, 6.45) is 1.08. The predicted molar refractivity (Wildman–Crippen MR) is 75.8 cm³/mol. The summed E-state index contributed by atoms with van der Waals surface area (Å²) < 4.78 is 28.0. The molecule has 0 spiro atoms. The van der Waals surface area contributed by atoms with Gasteiger partial charge in [-0.25, -0.2) is 8.78 Å². The highest BCUT2D eigenvalue weighted by Crippen LogP contribution is 2.29. The zero-order chi connectivity index (χ0) is 13.3. The highest BCUT2D eigenvalue weighted by molar-refractivity contribution is 9.10. The predicted octanol–water partition coefficient (Wildman–Crippen LogP) is 4.33. The standard InChI is InChI=1S/C13H15Br2F2N/c1-8-4-5-18(12(8)6-14)7-9-11(16)3-2-10(15)13(9)17/h2-3,8,12H,4-7H2,1H3. The second kappa shape index (κ2) is 5.97. The minimum atomic E-state index is -0.483. The molecule has 0 amide bonds. The third-order valence-corrected chi connectivity index (χ3v) is 4.93. The lowest BCUT2D eigenvalue weighted by Crippen LogP contribution is -2.33. The van der Waals surface area contributed by atoms with Crippen LogP contribution in [0.25, 0.3) is 0 Å². The molecule has 1 aliphatic rings. The van der Waals surface area contributed by atoms with E-state index in [0.29, 0.717) is 23.0 Å². The summed E-state index contributed by atoms with van der Waals surface area (Å²) >= 11 is 6.59. The average Bonchev–Trinajstić information content (AvgIpc) is 2.70. The number of hydrogen-bond donors (Lipinski definition) is 0. The molecule has 0 bridgehead atoms. The van der Waals surface area contributed by atoms with Crippen LogP contribution >= 0.6 is 31.9 Å². The van der Waals surface area contributed by atoms with Crippen molar-refractivity contribution >= 4 is 31.9 Å². The molecule has 100 valence electrons. The molecule has 0 radical (unpaired) electrons. The Morgan fingerprint density at radius 2 is 2.11 bits per heavy atom. The Morgan fingerprint density at radius 1 is 1.39 bits per heavy atom. The minimum Gasteiger partial charge on any atom is -0.295 e. The lowest BCUT2D eigenvalue weighted by atomic mass is 10.0. The van der Waals surface area contributed by atoms with E-state index in [9.17, 15) is 8.78 Å². The van der Waals surface area contributed by atoms with E-state index in [1.54, 1.807) is 0 Å². The SMILES string of the molecule is CC1CCN(Cc2c(F)ccc(Br)c2F)C1CBr. The summed E-state index contributed by atoms with van der Waals surface area (Å²) in [6.45, 7) is 3.40. The van der Waals surface area contributed by atoms with Gasteiger partial charge in [-0.3, -0.25) is 4.90 Å². The Balaban J connectivity index is 2.22. The van der Waals surface area contributed by atoms with Crippen molar-refractivity contribution in [3.05, 3.63) is 33.8 Å². The quantitative estimate of drug-likeness (QED) is 0.555. The van der Waals surface area contributed by atoms with Crippen molar-refractivity contribution in [2.45, 2.75) is 25.9 Å². The molecule has 1 nitrogen and oxygen atoms in total. The molecule has 0 aliphatic carbocycles. The molecule has 18 heavy (non-hydrogen) atoms. The molecule has 0 N–H and O–H groups in total. The van der Waals surface area contributed by atoms with Crippen LogP contribution in [0.2, 0.25) is 0 Å². The van der Waals surface area contributed by atoms with Crippen molar-refractivity contribution in [1.82, 2.24) is 4.90 Å². The Morgan fingerprint density at radius 3 is 2.78 bits per heavy atom. The number of benzene rings is 1. The lowest BCUT2D eigenvalue weighted by molar-refractivity contribution is 0.237. The summed E-state index contributed by atoms with van der Waals surface area (Å²) in [5, 5.41) is 0.839. The van der Waals surface area contributed by atoms with Crippen LogP contribution in [0.3, 0.4) is 0 Å². The maximum atomic E-state index is 13.9.